The lowest BCUT2D eigenvalue weighted by molar-refractivity contribution is 0.107. The van der Waals surface area contributed by atoms with Crippen LogP contribution in [0.2, 0.25) is 16.6 Å². The molecule has 3 saturated heterocycles. The molecule has 7 rings (SSSR count). The quantitative estimate of drug-likeness (QED) is 0.111. The molecule has 51 heavy (non-hydrogen) atoms. The molecule has 5 heterocycles. The summed E-state index contributed by atoms with van der Waals surface area (Å²) >= 11 is 0. The number of fused-ring (bicyclic) bond motifs is 3. The highest BCUT2D eigenvalue weighted by Gasteiger charge is 2.49. The van der Waals surface area contributed by atoms with Gasteiger partial charge in [0.1, 0.15) is 43.7 Å². The summed E-state index contributed by atoms with van der Waals surface area (Å²) in [5.41, 5.74) is 11.8. The summed E-state index contributed by atoms with van der Waals surface area (Å²) in [5, 5.41) is 1.58. The van der Waals surface area contributed by atoms with Crippen molar-refractivity contribution in [1.29, 1.82) is 0 Å². The van der Waals surface area contributed by atoms with Gasteiger partial charge in [-0.15, -0.1) is 5.54 Å². The number of rotatable bonds is 8. The van der Waals surface area contributed by atoms with E-state index in [0.29, 0.717) is 62.8 Å². The summed E-state index contributed by atoms with van der Waals surface area (Å²) in [6.45, 7) is 17.6. The van der Waals surface area contributed by atoms with E-state index in [-0.39, 0.29) is 35.4 Å². The monoisotopic (exact) mass is 714 g/mol. The maximum atomic E-state index is 17.1. The van der Waals surface area contributed by atoms with Gasteiger partial charge in [-0.05, 0) is 72.9 Å². The van der Waals surface area contributed by atoms with Gasteiger partial charge in [0.05, 0.1) is 16.5 Å². The molecule has 0 unspecified atom stereocenters. The molecule has 2 aromatic carbocycles. The largest absolute Gasteiger partial charge is 0.461 e. The Morgan fingerprint density at radius 3 is 2.47 bits per heavy atom. The molecular formula is C40H49F3N6OSi. The molecule has 0 aliphatic carbocycles. The molecule has 0 bridgehead atoms. The number of alkyl halides is 1. The van der Waals surface area contributed by atoms with Crippen LogP contribution in [0.15, 0.2) is 30.5 Å². The maximum absolute atomic E-state index is 17.1. The van der Waals surface area contributed by atoms with E-state index < -0.39 is 31.4 Å². The van der Waals surface area contributed by atoms with Crippen LogP contribution < -0.4 is 15.4 Å². The molecule has 7 nitrogen and oxygen atoms in total. The first-order chi connectivity index (χ1) is 24.3. The Bertz CT molecular complexity index is 2040. The molecule has 3 aliphatic heterocycles. The van der Waals surface area contributed by atoms with Crippen molar-refractivity contribution in [3.8, 4) is 28.7 Å². The van der Waals surface area contributed by atoms with E-state index in [0.717, 1.165) is 32.4 Å². The number of nitrogen functional groups attached to an aromatic ring is 1. The van der Waals surface area contributed by atoms with Crippen LogP contribution in [-0.4, -0.2) is 71.9 Å². The van der Waals surface area contributed by atoms with Gasteiger partial charge in [-0.3, -0.25) is 4.90 Å². The zero-order chi connectivity index (χ0) is 36.4. The Hall–Kier alpha value is -3.88. The van der Waals surface area contributed by atoms with Crippen LogP contribution in [0.3, 0.4) is 0 Å². The van der Waals surface area contributed by atoms with Gasteiger partial charge in [-0.25, -0.2) is 23.1 Å². The first kappa shape index (κ1) is 35.5. The first-order valence-electron chi connectivity index (χ1n) is 18.5. The molecule has 0 saturated carbocycles. The molecule has 0 amide bonds. The lowest BCUT2D eigenvalue weighted by atomic mass is 9.95. The zero-order valence-electron chi connectivity index (χ0n) is 30.8. The van der Waals surface area contributed by atoms with Crippen molar-refractivity contribution in [2.75, 3.05) is 36.9 Å². The van der Waals surface area contributed by atoms with E-state index in [4.69, 9.17) is 15.5 Å². The number of hydrogen-bond donors (Lipinski definition) is 1. The minimum absolute atomic E-state index is 0.0175. The van der Waals surface area contributed by atoms with Crippen LogP contribution in [0.4, 0.5) is 24.7 Å². The fraction of sp³-hybridized carbons (Fsp3) is 0.525. The van der Waals surface area contributed by atoms with Gasteiger partial charge in [-0.1, -0.05) is 53.5 Å². The van der Waals surface area contributed by atoms with Gasteiger partial charge >= 0.3 is 6.01 Å². The summed E-state index contributed by atoms with van der Waals surface area (Å²) in [5.74, 6) is 2.73. The van der Waals surface area contributed by atoms with Crippen molar-refractivity contribution in [2.45, 2.75) is 109 Å². The van der Waals surface area contributed by atoms with Crippen LogP contribution in [0.25, 0.3) is 32.9 Å². The number of anilines is 2. The van der Waals surface area contributed by atoms with Gasteiger partial charge in [0.15, 0.2) is 5.82 Å². The van der Waals surface area contributed by atoms with E-state index in [2.05, 4.69) is 79.7 Å². The first-order valence-corrected chi connectivity index (χ1v) is 20.7. The number of aromatic nitrogens is 3. The highest BCUT2D eigenvalue weighted by Crippen LogP contribution is 2.44. The van der Waals surface area contributed by atoms with E-state index in [1.807, 2.05) is 0 Å². The van der Waals surface area contributed by atoms with Gasteiger partial charge < -0.3 is 15.4 Å². The van der Waals surface area contributed by atoms with Gasteiger partial charge in [0, 0.05) is 48.4 Å². The average Bonchev–Trinajstić information content (AvgIpc) is 3.60. The summed E-state index contributed by atoms with van der Waals surface area (Å²) < 4.78 is 53.8. The molecule has 3 fully saturated rings. The van der Waals surface area contributed by atoms with Crippen LogP contribution >= 0.6 is 0 Å². The summed E-state index contributed by atoms with van der Waals surface area (Å²) in [7, 11) is -2.24. The van der Waals surface area contributed by atoms with Crippen LogP contribution in [-0.2, 0) is 0 Å². The maximum Gasteiger partial charge on any atom is 0.317 e. The SMILES string of the molecule is CC(C)[Si](C#Cc1c(F)ccc2cc(N)cc(-c3nc(N4CC[C@@H]4C)c4cnc(OC[C@@]56CCCN5C[C@H](F)C6)nc4c3F)c12)(C(C)C)C(C)C. The second kappa shape index (κ2) is 13.3. The normalized spacial score (nSPS) is 22.3. The Balaban J connectivity index is 1.41. The molecule has 2 N–H and O–H groups in total. The van der Waals surface area contributed by atoms with Crippen molar-refractivity contribution >= 4 is 41.3 Å². The van der Waals surface area contributed by atoms with Crippen molar-refractivity contribution in [1.82, 2.24) is 19.9 Å². The Labute approximate surface area is 300 Å². The highest BCUT2D eigenvalue weighted by atomic mass is 28.3. The third-order valence-corrected chi connectivity index (χ3v) is 18.4. The van der Waals surface area contributed by atoms with Crippen LogP contribution in [0.5, 0.6) is 6.01 Å². The van der Waals surface area contributed by atoms with Crippen LogP contribution in [0, 0.1) is 23.1 Å². The number of nitrogens with zero attached hydrogens (tertiary/aromatic N) is 5. The number of benzene rings is 2. The standard InChI is InChI=1S/C40H49F3N6OSi/c1-23(2)51(24(3)4,25(5)6)16-12-30-33(42)10-9-27-17-29(44)18-31(34(27)30)36-35(43)37-32(38(46-36)49-15-11-26(49)7)20-45-39(47-37)50-22-40-13-8-14-48(40)21-28(41)19-40/h9-10,17-18,20,23-26,28H,8,11,13-15,19,21-22,44H2,1-7H3/t26-,28+,40-/m0/s1. The van der Waals surface area contributed by atoms with Crippen molar-refractivity contribution < 1.29 is 17.9 Å². The molecule has 4 aromatic rings. The van der Waals surface area contributed by atoms with Crippen LogP contribution in [0.1, 0.15) is 79.7 Å². The predicted molar refractivity (Wildman–Crippen MR) is 203 cm³/mol. The molecule has 11 heteroatoms. The lowest BCUT2D eigenvalue weighted by Gasteiger charge is -2.40. The Morgan fingerprint density at radius 2 is 1.80 bits per heavy atom. The number of ether oxygens (including phenoxy) is 1. The van der Waals surface area contributed by atoms with Crippen molar-refractivity contribution in [3.05, 3.63) is 47.7 Å². The summed E-state index contributed by atoms with van der Waals surface area (Å²) in [4.78, 5) is 18.3. The average molecular weight is 715 g/mol. The Morgan fingerprint density at radius 1 is 1.06 bits per heavy atom. The topological polar surface area (TPSA) is 80.4 Å². The second-order valence-electron chi connectivity index (χ2n) is 15.9. The molecule has 0 spiro atoms. The number of hydrogen-bond acceptors (Lipinski definition) is 7. The molecule has 3 aliphatic rings. The molecular weight excluding hydrogens is 666 g/mol. The van der Waals surface area contributed by atoms with Gasteiger partial charge in [-0.2, -0.15) is 4.98 Å². The third kappa shape index (κ3) is 5.92. The van der Waals surface area contributed by atoms with E-state index in [9.17, 15) is 4.39 Å². The van der Waals surface area contributed by atoms with Gasteiger partial charge in [0.25, 0.3) is 0 Å². The fourth-order valence-electron chi connectivity index (χ4n) is 9.35. The number of pyridine rings is 1. The van der Waals surface area contributed by atoms with E-state index >= 15 is 8.78 Å². The predicted octanol–water partition coefficient (Wildman–Crippen LogP) is 8.83. The van der Waals surface area contributed by atoms with Gasteiger partial charge in [0.2, 0.25) is 0 Å². The van der Waals surface area contributed by atoms with Crippen molar-refractivity contribution in [2.24, 2.45) is 0 Å². The highest BCUT2D eigenvalue weighted by molar-refractivity contribution is 6.90. The minimum Gasteiger partial charge on any atom is -0.461 e. The smallest absolute Gasteiger partial charge is 0.317 e. The zero-order valence-corrected chi connectivity index (χ0v) is 31.8. The van der Waals surface area contributed by atoms with Crippen molar-refractivity contribution in [3.63, 3.8) is 0 Å². The molecule has 2 aromatic heterocycles. The Kier molecular flexibility index (Phi) is 9.24. The fourth-order valence-corrected chi connectivity index (χ4v) is 14.6. The van der Waals surface area contributed by atoms with E-state index in [1.54, 1.807) is 24.4 Å². The third-order valence-electron chi connectivity index (χ3n) is 12.1. The molecule has 3 atom stereocenters. The number of nitrogens with two attached hydrogens (primary N) is 1. The summed E-state index contributed by atoms with van der Waals surface area (Å²) in [6.07, 6.45) is 3.85. The molecule has 0 radical (unpaired) electrons. The molecule has 270 valence electrons. The number of halogens is 3. The minimum atomic E-state index is -2.24. The lowest BCUT2D eigenvalue weighted by Crippen LogP contribution is -2.46. The van der Waals surface area contributed by atoms with E-state index in [1.165, 1.54) is 6.07 Å². The summed E-state index contributed by atoms with van der Waals surface area (Å²) in [6, 6.07) is 6.70. The second-order valence-corrected chi connectivity index (χ2v) is 21.5.